The molecule has 1 N–H and O–H groups in total. The minimum Gasteiger partial charge on any atom is -0.387 e. The number of thiophene rings is 1. The van der Waals surface area contributed by atoms with E-state index in [0.717, 1.165) is 16.1 Å². The van der Waals surface area contributed by atoms with Crippen molar-refractivity contribution < 1.29 is 9.21 Å². The number of benzene rings is 1. The molecule has 6 nitrogen and oxygen atoms in total. The number of carbonyl (C=O) groups excluding carboxylic acids is 1. The highest BCUT2D eigenvalue weighted by atomic mass is 32.1. The molecule has 0 radical (unpaired) electrons. The highest BCUT2D eigenvalue weighted by Gasteiger charge is 2.12. The largest absolute Gasteiger partial charge is 0.437 e. The zero-order valence-corrected chi connectivity index (χ0v) is 13.3. The van der Waals surface area contributed by atoms with E-state index in [1.807, 2.05) is 48.7 Å². The molecule has 0 spiro atoms. The first-order chi connectivity index (χ1) is 11.1. The molecule has 0 fully saturated rings. The fourth-order valence-electron chi connectivity index (χ4n) is 2.10. The standard InChI is InChI=1S/C16H15N3O3S/c1-11-4-2-5-12(10-11)17-14(20)7-8-19-16(21)22-15(18-19)13-6-3-9-23-13/h2-6,9-10H,7-8H2,1H3,(H,17,20). The van der Waals surface area contributed by atoms with Crippen molar-refractivity contribution in [1.82, 2.24) is 9.78 Å². The Kier molecular flexibility index (Phi) is 4.38. The Morgan fingerprint density at radius 2 is 2.22 bits per heavy atom. The van der Waals surface area contributed by atoms with Gasteiger partial charge in [0.25, 0.3) is 5.89 Å². The third-order valence-electron chi connectivity index (χ3n) is 3.19. The van der Waals surface area contributed by atoms with Crippen LogP contribution in [0.1, 0.15) is 12.0 Å². The molecule has 0 atom stereocenters. The molecule has 0 aliphatic heterocycles. The average Bonchev–Trinajstić information content (AvgIpc) is 3.14. The van der Waals surface area contributed by atoms with Gasteiger partial charge in [-0.3, -0.25) is 4.79 Å². The minimum atomic E-state index is -0.559. The first-order valence-corrected chi connectivity index (χ1v) is 7.98. The number of nitrogens with one attached hydrogen (secondary N) is 1. The lowest BCUT2D eigenvalue weighted by Gasteiger charge is -2.05. The van der Waals surface area contributed by atoms with Crippen molar-refractivity contribution in [1.29, 1.82) is 0 Å². The third-order valence-corrected chi connectivity index (χ3v) is 4.05. The molecule has 3 rings (SSSR count). The molecule has 0 bridgehead atoms. The molecule has 2 heterocycles. The Morgan fingerprint density at radius 1 is 1.35 bits per heavy atom. The van der Waals surface area contributed by atoms with Gasteiger partial charge < -0.3 is 9.73 Å². The molecule has 7 heteroatoms. The predicted octanol–water partition coefficient (Wildman–Crippen LogP) is 2.90. The molecule has 1 aromatic carbocycles. The Bertz CT molecular complexity index is 865. The van der Waals surface area contributed by atoms with E-state index >= 15 is 0 Å². The summed E-state index contributed by atoms with van der Waals surface area (Å²) < 4.78 is 6.27. The van der Waals surface area contributed by atoms with Crippen LogP contribution in [0.15, 0.2) is 51.0 Å². The number of carbonyl (C=O) groups is 1. The van der Waals surface area contributed by atoms with Crippen LogP contribution in [-0.2, 0) is 11.3 Å². The summed E-state index contributed by atoms with van der Waals surface area (Å²) in [4.78, 5) is 24.5. The quantitative estimate of drug-likeness (QED) is 0.781. The number of hydrogen-bond acceptors (Lipinski definition) is 5. The molecule has 1 amide bonds. The Balaban J connectivity index is 1.62. The number of nitrogens with zero attached hydrogens (tertiary/aromatic N) is 2. The highest BCUT2D eigenvalue weighted by Crippen LogP contribution is 2.21. The van der Waals surface area contributed by atoms with Crippen LogP contribution in [-0.4, -0.2) is 15.7 Å². The summed E-state index contributed by atoms with van der Waals surface area (Å²) in [6.45, 7) is 2.13. The molecule has 0 aliphatic carbocycles. The monoisotopic (exact) mass is 329 g/mol. The van der Waals surface area contributed by atoms with Crippen molar-refractivity contribution in [3.63, 3.8) is 0 Å². The predicted molar refractivity (Wildman–Crippen MR) is 88.5 cm³/mol. The van der Waals surface area contributed by atoms with Crippen LogP contribution in [0.5, 0.6) is 0 Å². The minimum absolute atomic E-state index is 0.143. The molecule has 118 valence electrons. The van der Waals surface area contributed by atoms with Crippen LogP contribution in [0.4, 0.5) is 5.69 Å². The first-order valence-electron chi connectivity index (χ1n) is 7.10. The topological polar surface area (TPSA) is 77.1 Å². The lowest BCUT2D eigenvalue weighted by molar-refractivity contribution is -0.116. The number of rotatable bonds is 5. The fraction of sp³-hybridized carbons (Fsp3) is 0.188. The fourth-order valence-corrected chi connectivity index (χ4v) is 2.75. The van der Waals surface area contributed by atoms with Crippen molar-refractivity contribution in [3.8, 4) is 10.8 Å². The van der Waals surface area contributed by atoms with Gasteiger partial charge in [0.2, 0.25) is 5.91 Å². The third kappa shape index (κ3) is 3.75. The summed E-state index contributed by atoms with van der Waals surface area (Å²) in [6.07, 6.45) is 0.143. The smallest absolute Gasteiger partial charge is 0.387 e. The zero-order valence-electron chi connectivity index (χ0n) is 12.5. The summed E-state index contributed by atoms with van der Waals surface area (Å²) in [5, 5.41) is 8.79. The van der Waals surface area contributed by atoms with Crippen molar-refractivity contribution in [2.75, 3.05) is 5.32 Å². The first kappa shape index (κ1) is 15.2. The maximum absolute atomic E-state index is 12.0. The number of anilines is 1. The van der Waals surface area contributed by atoms with Gasteiger partial charge in [0.05, 0.1) is 11.4 Å². The Hall–Kier alpha value is -2.67. The van der Waals surface area contributed by atoms with Crippen molar-refractivity contribution in [2.45, 2.75) is 19.9 Å². The van der Waals surface area contributed by atoms with Gasteiger partial charge >= 0.3 is 5.76 Å². The van der Waals surface area contributed by atoms with Gasteiger partial charge in [-0.1, -0.05) is 18.2 Å². The van der Waals surface area contributed by atoms with E-state index in [2.05, 4.69) is 10.4 Å². The van der Waals surface area contributed by atoms with Crippen LogP contribution < -0.4 is 11.1 Å². The summed E-state index contributed by atoms with van der Waals surface area (Å²) in [6, 6.07) is 11.2. The highest BCUT2D eigenvalue weighted by molar-refractivity contribution is 7.13. The summed E-state index contributed by atoms with van der Waals surface area (Å²) in [7, 11) is 0. The maximum Gasteiger partial charge on any atom is 0.437 e. The Labute approximate surface area is 136 Å². The zero-order chi connectivity index (χ0) is 16.2. The van der Waals surface area contributed by atoms with Crippen molar-refractivity contribution >= 4 is 22.9 Å². The van der Waals surface area contributed by atoms with E-state index in [0.29, 0.717) is 0 Å². The van der Waals surface area contributed by atoms with Crippen LogP contribution in [0.2, 0.25) is 0 Å². The van der Waals surface area contributed by atoms with Crippen LogP contribution in [0.25, 0.3) is 10.8 Å². The Morgan fingerprint density at radius 3 is 2.96 bits per heavy atom. The molecule has 3 aromatic rings. The van der Waals surface area contributed by atoms with Gasteiger partial charge in [-0.05, 0) is 36.1 Å². The molecule has 0 saturated carbocycles. The number of aryl methyl sites for hydroxylation is 2. The lowest BCUT2D eigenvalue weighted by Crippen LogP contribution is -2.20. The van der Waals surface area contributed by atoms with Gasteiger partial charge in [-0.25, -0.2) is 4.79 Å². The second-order valence-corrected chi connectivity index (χ2v) is 5.99. The van der Waals surface area contributed by atoms with E-state index in [9.17, 15) is 9.59 Å². The van der Waals surface area contributed by atoms with Crippen molar-refractivity contribution in [2.24, 2.45) is 0 Å². The van der Waals surface area contributed by atoms with Gasteiger partial charge in [0.1, 0.15) is 0 Å². The lowest BCUT2D eigenvalue weighted by atomic mass is 10.2. The number of amides is 1. The maximum atomic E-state index is 12.0. The second-order valence-electron chi connectivity index (χ2n) is 5.04. The normalized spacial score (nSPS) is 10.7. The van der Waals surface area contributed by atoms with Gasteiger partial charge in [-0.15, -0.1) is 16.4 Å². The van der Waals surface area contributed by atoms with E-state index in [4.69, 9.17) is 4.42 Å². The van der Waals surface area contributed by atoms with Crippen LogP contribution in [0, 0.1) is 6.92 Å². The van der Waals surface area contributed by atoms with Gasteiger partial charge in [-0.2, -0.15) is 4.68 Å². The second kappa shape index (κ2) is 6.62. The van der Waals surface area contributed by atoms with Gasteiger partial charge in [0.15, 0.2) is 0 Å². The van der Waals surface area contributed by atoms with E-state index in [1.165, 1.54) is 16.0 Å². The summed E-state index contributed by atoms with van der Waals surface area (Å²) >= 11 is 1.44. The molecule has 0 unspecified atom stereocenters. The SMILES string of the molecule is Cc1cccc(NC(=O)CCn2nc(-c3cccs3)oc2=O)c1. The molecular weight excluding hydrogens is 314 g/mol. The summed E-state index contributed by atoms with van der Waals surface area (Å²) in [5.74, 6) is -0.455. The number of aromatic nitrogens is 2. The molecule has 23 heavy (non-hydrogen) atoms. The van der Waals surface area contributed by atoms with E-state index in [1.54, 1.807) is 0 Å². The average molecular weight is 329 g/mol. The van der Waals surface area contributed by atoms with Gasteiger partial charge in [0, 0.05) is 12.1 Å². The van der Waals surface area contributed by atoms with Crippen LogP contribution in [0.3, 0.4) is 0 Å². The van der Waals surface area contributed by atoms with E-state index < -0.39 is 5.76 Å². The molecular formula is C16H15N3O3S. The number of hydrogen-bond donors (Lipinski definition) is 1. The molecule has 0 aliphatic rings. The molecule has 2 aromatic heterocycles. The van der Waals surface area contributed by atoms with Crippen LogP contribution >= 0.6 is 11.3 Å². The molecule has 0 saturated heterocycles. The summed E-state index contributed by atoms with van der Waals surface area (Å²) in [5.41, 5.74) is 1.80. The van der Waals surface area contributed by atoms with Crippen molar-refractivity contribution in [3.05, 3.63) is 57.9 Å². The van der Waals surface area contributed by atoms with E-state index in [-0.39, 0.29) is 24.8 Å².